The Morgan fingerprint density at radius 2 is 2.05 bits per heavy atom. The summed E-state index contributed by atoms with van der Waals surface area (Å²) < 4.78 is 5.31. The quantitative estimate of drug-likeness (QED) is 0.813. The van der Waals surface area contributed by atoms with Gasteiger partial charge in [0, 0.05) is 20.2 Å². The molecule has 1 N–H and O–H groups in total. The van der Waals surface area contributed by atoms with Gasteiger partial charge in [-0.1, -0.05) is 19.8 Å². The minimum atomic E-state index is -0.0640. The Morgan fingerprint density at radius 3 is 2.80 bits per heavy atom. The first kappa shape index (κ1) is 16.3. The van der Waals surface area contributed by atoms with Gasteiger partial charge in [0.1, 0.15) is 0 Å². The number of ether oxygens (including phenoxy) is 1. The van der Waals surface area contributed by atoms with Crippen LogP contribution in [0.1, 0.15) is 51.9 Å². The maximum absolute atomic E-state index is 10.3. The number of aliphatic hydroxyl groups is 1. The molecule has 1 aliphatic heterocycles. The molecule has 0 spiro atoms. The van der Waals surface area contributed by atoms with Crippen molar-refractivity contribution in [1.29, 1.82) is 0 Å². The number of nitrogens with zero attached hydrogens (tertiary/aromatic N) is 1. The normalized spacial score (nSPS) is 36.1. The van der Waals surface area contributed by atoms with Crippen LogP contribution in [0.3, 0.4) is 0 Å². The van der Waals surface area contributed by atoms with Crippen LogP contribution >= 0.6 is 0 Å². The molecule has 0 aromatic carbocycles. The number of rotatable bonds is 6. The largest absolute Gasteiger partial charge is 0.393 e. The van der Waals surface area contributed by atoms with E-state index in [0.29, 0.717) is 11.8 Å². The lowest BCUT2D eigenvalue weighted by Gasteiger charge is -2.39. The van der Waals surface area contributed by atoms with Crippen LogP contribution in [0.5, 0.6) is 0 Å². The average molecular weight is 283 g/mol. The van der Waals surface area contributed by atoms with Crippen LogP contribution in [-0.2, 0) is 4.74 Å². The number of aliphatic hydroxyl groups excluding tert-OH is 1. The molecule has 0 aromatic heterocycles. The van der Waals surface area contributed by atoms with Crippen LogP contribution in [0.15, 0.2) is 0 Å². The van der Waals surface area contributed by atoms with E-state index >= 15 is 0 Å². The van der Waals surface area contributed by atoms with Gasteiger partial charge < -0.3 is 14.7 Å². The van der Waals surface area contributed by atoms with Gasteiger partial charge in [-0.25, -0.2) is 0 Å². The number of hydrogen-bond acceptors (Lipinski definition) is 3. The van der Waals surface area contributed by atoms with E-state index in [9.17, 15) is 5.11 Å². The van der Waals surface area contributed by atoms with Crippen LogP contribution < -0.4 is 0 Å². The highest BCUT2D eigenvalue weighted by Gasteiger charge is 2.31. The summed E-state index contributed by atoms with van der Waals surface area (Å²) in [5.74, 6) is 2.05. The van der Waals surface area contributed by atoms with Crippen molar-refractivity contribution in [1.82, 2.24) is 4.90 Å². The smallest absolute Gasteiger partial charge is 0.0580 e. The van der Waals surface area contributed by atoms with E-state index in [1.165, 1.54) is 45.1 Å². The third-order valence-electron chi connectivity index (χ3n) is 5.25. The fourth-order valence-corrected chi connectivity index (χ4v) is 4.23. The van der Waals surface area contributed by atoms with Gasteiger partial charge in [-0.15, -0.1) is 0 Å². The highest BCUT2D eigenvalue weighted by atomic mass is 16.5. The van der Waals surface area contributed by atoms with Gasteiger partial charge in [-0.2, -0.15) is 0 Å². The molecule has 1 aliphatic carbocycles. The Balaban J connectivity index is 1.80. The highest BCUT2D eigenvalue weighted by molar-refractivity contribution is 4.83. The Bertz CT molecular complexity index is 270. The Morgan fingerprint density at radius 1 is 1.20 bits per heavy atom. The van der Waals surface area contributed by atoms with E-state index in [1.54, 1.807) is 7.11 Å². The van der Waals surface area contributed by atoms with Gasteiger partial charge in [0.2, 0.25) is 0 Å². The molecular formula is C17H33NO2. The van der Waals surface area contributed by atoms with Crippen LogP contribution in [0, 0.1) is 17.8 Å². The van der Waals surface area contributed by atoms with E-state index in [0.717, 1.165) is 32.0 Å². The molecule has 0 radical (unpaired) electrons. The molecule has 3 nitrogen and oxygen atoms in total. The minimum absolute atomic E-state index is 0.0640. The molecule has 0 bridgehead atoms. The predicted octanol–water partition coefficient (Wildman–Crippen LogP) is 2.92. The van der Waals surface area contributed by atoms with Gasteiger partial charge in [0.25, 0.3) is 0 Å². The Kier molecular flexibility index (Phi) is 6.79. The number of likely N-dealkylation sites (tertiary alicyclic amines) is 1. The van der Waals surface area contributed by atoms with E-state index in [4.69, 9.17) is 4.74 Å². The Hall–Kier alpha value is -0.120. The van der Waals surface area contributed by atoms with Crippen molar-refractivity contribution in [3.8, 4) is 0 Å². The van der Waals surface area contributed by atoms with Crippen molar-refractivity contribution in [3.05, 3.63) is 0 Å². The number of piperidine rings is 1. The minimum Gasteiger partial charge on any atom is -0.393 e. The summed E-state index contributed by atoms with van der Waals surface area (Å²) in [6.45, 7) is 6.64. The van der Waals surface area contributed by atoms with Crippen LogP contribution in [0.2, 0.25) is 0 Å². The molecule has 0 aromatic rings. The maximum Gasteiger partial charge on any atom is 0.0580 e. The topological polar surface area (TPSA) is 32.7 Å². The Labute approximate surface area is 124 Å². The average Bonchev–Trinajstić information content (AvgIpc) is 2.44. The lowest BCUT2D eigenvalue weighted by molar-refractivity contribution is 0.0116. The van der Waals surface area contributed by atoms with E-state index in [2.05, 4.69) is 11.8 Å². The van der Waals surface area contributed by atoms with Crippen molar-refractivity contribution in [3.63, 3.8) is 0 Å². The molecule has 2 rings (SSSR count). The molecule has 118 valence electrons. The maximum atomic E-state index is 10.3. The lowest BCUT2D eigenvalue weighted by atomic mass is 9.77. The molecule has 4 atom stereocenters. The third-order valence-corrected chi connectivity index (χ3v) is 5.25. The van der Waals surface area contributed by atoms with Crippen molar-refractivity contribution < 1.29 is 9.84 Å². The second kappa shape index (κ2) is 8.35. The number of methoxy groups -OCH3 is 1. The first-order valence-corrected chi connectivity index (χ1v) is 8.62. The summed E-state index contributed by atoms with van der Waals surface area (Å²) in [6, 6.07) is 0. The molecule has 1 saturated heterocycles. The summed E-state index contributed by atoms with van der Waals surface area (Å²) in [4.78, 5) is 2.58. The van der Waals surface area contributed by atoms with E-state index < -0.39 is 0 Å². The fraction of sp³-hybridized carbons (Fsp3) is 1.00. The molecule has 4 unspecified atom stereocenters. The zero-order valence-corrected chi connectivity index (χ0v) is 13.4. The zero-order valence-electron chi connectivity index (χ0n) is 13.4. The standard InChI is InChI=1S/C17H33NO2/c1-3-5-14-7-8-17(19)16(10-14)12-18-9-4-6-15(11-18)13-20-2/h14-17,19H,3-13H2,1-2H3. The second-order valence-corrected chi connectivity index (χ2v) is 7.02. The summed E-state index contributed by atoms with van der Waals surface area (Å²) in [6.07, 6.45) is 8.64. The molecular weight excluding hydrogens is 250 g/mol. The van der Waals surface area contributed by atoms with E-state index in [-0.39, 0.29) is 6.10 Å². The molecule has 0 amide bonds. The molecule has 1 heterocycles. The monoisotopic (exact) mass is 283 g/mol. The summed E-state index contributed by atoms with van der Waals surface area (Å²) in [5.41, 5.74) is 0. The van der Waals surface area contributed by atoms with Crippen LogP contribution in [-0.4, -0.2) is 49.5 Å². The highest BCUT2D eigenvalue weighted by Crippen LogP contribution is 2.33. The van der Waals surface area contributed by atoms with Crippen LogP contribution in [0.4, 0.5) is 0 Å². The molecule has 2 fully saturated rings. The van der Waals surface area contributed by atoms with Crippen molar-refractivity contribution in [2.45, 2.75) is 58.0 Å². The summed E-state index contributed by atoms with van der Waals surface area (Å²) >= 11 is 0. The lowest BCUT2D eigenvalue weighted by Crippen LogP contribution is -2.44. The molecule has 3 heteroatoms. The first-order chi connectivity index (χ1) is 9.72. The van der Waals surface area contributed by atoms with Gasteiger partial charge >= 0.3 is 0 Å². The SMILES string of the molecule is CCCC1CCC(O)C(CN2CCCC(COC)C2)C1. The van der Waals surface area contributed by atoms with Crippen LogP contribution in [0.25, 0.3) is 0 Å². The van der Waals surface area contributed by atoms with Gasteiger partial charge in [0.05, 0.1) is 12.7 Å². The molecule has 1 saturated carbocycles. The van der Waals surface area contributed by atoms with E-state index in [1.807, 2.05) is 0 Å². The molecule has 2 aliphatic rings. The predicted molar refractivity (Wildman–Crippen MR) is 82.8 cm³/mol. The van der Waals surface area contributed by atoms with Crippen molar-refractivity contribution >= 4 is 0 Å². The third kappa shape index (κ3) is 4.71. The van der Waals surface area contributed by atoms with Gasteiger partial charge in [-0.3, -0.25) is 0 Å². The van der Waals surface area contributed by atoms with Gasteiger partial charge in [-0.05, 0) is 56.4 Å². The second-order valence-electron chi connectivity index (χ2n) is 7.02. The first-order valence-electron chi connectivity index (χ1n) is 8.62. The van der Waals surface area contributed by atoms with Crippen molar-refractivity contribution in [2.24, 2.45) is 17.8 Å². The van der Waals surface area contributed by atoms with Crippen molar-refractivity contribution in [2.75, 3.05) is 33.4 Å². The zero-order chi connectivity index (χ0) is 14.4. The summed E-state index contributed by atoms with van der Waals surface area (Å²) in [5, 5.41) is 10.3. The fourth-order valence-electron chi connectivity index (χ4n) is 4.23. The number of hydrogen-bond donors (Lipinski definition) is 1. The molecule has 20 heavy (non-hydrogen) atoms. The van der Waals surface area contributed by atoms with Gasteiger partial charge in [0.15, 0.2) is 0 Å². The summed E-state index contributed by atoms with van der Waals surface area (Å²) in [7, 11) is 1.80.